The van der Waals surface area contributed by atoms with Gasteiger partial charge in [0.25, 0.3) is 5.24 Å². The number of benzene rings is 2. The first kappa shape index (κ1) is 14.6. The number of halogens is 1. The van der Waals surface area contributed by atoms with Crippen LogP contribution in [0.2, 0.25) is 0 Å². The molecule has 20 heavy (non-hydrogen) atoms. The van der Waals surface area contributed by atoms with Crippen LogP contribution in [0.15, 0.2) is 36.4 Å². The Hall–Kier alpha value is -1.80. The molecular weight excluding hydrogens is 272 g/mol. The lowest BCUT2D eigenvalue weighted by Crippen LogP contribution is -2.05. The van der Waals surface area contributed by atoms with Gasteiger partial charge >= 0.3 is 0 Å². The topological polar surface area (TPSA) is 26.3 Å². The molecule has 2 aromatic rings. The molecule has 0 bridgehead atoms. The van der Waals surface area contributed by atoms with E-state index in [4.69, 9.17) is 16.3 Å². The number of ether oxygens (including phenoxy) is 1. The van der Waals surface area contributed by atoms with Crippen LogP contribution in [-0.4, -0.2) is 5.24 Å². The van der Waals surface area contributed by atoms with Gasteiger partial charge in [-0.3, -0.25) is 4.79 Å². The molecule has 0 aromatic heterocycles. The Kier molecular flexibility index (Phi) is 4.46. The van der Waals surface area contributed by atoms with Crippen LogP contribution in [0.25, 0.3) is 0 Å². The van der Waals surface area contributed by atoms with E-state index in [-0.39, 0.29) is 0 Å². The number of hydrogen-bond acceptors (Lipinski definition) is 2. The molecule has 0 amide bonds. The summed E-state index contributed by atoms with van der Waals surface area (Å²) in [6, 6.07) is 11.5. The smallest absolute Gasteiger partial charge is 0.252 e. The average Bonchev–Trinajstić information content (AvgIpc) is 2.38. The van der Waals surface area contributed by atoms with Gasteiger partial charge in [-0.2, -0.15) is 0 Å². The average molecular weight is 289 g/mol. The van der Waals surface area contributed by atoms with Crippen LogP contribution < -0.4 is 4.74 Å². The fourth-order valence-corrected chi connectivity index (χ4v) is 2.37. The Bertz CT molecular complexity index is 647. The zero-order chi connectivity index (χ0) is 14.7. The lowest BCUT2D eigenvalue weighted by Gasteiger charge is -2.13. The minimum atomic E-state index is -0.451. The lowest BCUT2D eigenvalue weighted by molar-refractivity contribution is 0.107. The molecule has 0 aliphatic heterocycles. The van der Waals surface area contributed by atoms with Crippen LogP contribution in [0.4, 0.5) is 0 Å². The van der Waals surface area contributed by atoms with Gasteiger partial charge in [-0.05, 0) is 55.6 Å². The van der Waals surface area contributed by atoms with Crippen molar-refractivity contribution in [3.05, 3.63) is 64.2 Å². The molecule has 104 valence electrons. The number of hydrogen-bond donors (Lipinski definition) is 0. The minimum Gasteiger partial charge on any atom is -0.489 e. The summed E-state index contributed by atoms with van der Waals surface area (Å²) in [5.41, 5.74) is 4.63. The van der Waals surface area contributed by atoms with Crippen molar-refractivity contribution in [2.45, 2.75) is 27.4 Å². The van der Waals surface area contributed by atoms with Crippen molar-refractivity contribution in [3.8, 4) is 5.75 Å². The number of aryl methyl sites for hydroxylation is 3. The molecule has 2 rings (SSSR count). The predicted octanol–water partition coefficient (Wildman–Crippen LogP) is 4.57. The van der Waals surface area contributed by atoms with E-state index in [1.165, 1.54) is 5.56 Å². The fourth-order valence-electron chi connectivity index (χ4n) is 2.19. The van der Waals surface area contributed by atoms with Gasteiger partial charge in [-0.25, -0.2) is 0 Å². The molecule has 0 saturated heterocycles. The third kappa shape index (κ3) is 3.20. The minimum absolute atomic E-state index is 0.338. The molecule has 0 aliphatic rings. The molecule has 0 fully saturated rings. The first-order valence-corrected chi connectivity index (χ1v) is 6.85. The van der Waals surface area contributed by atoms with Crippen molar-refractivity contribution in [2.24, 2.45) is 0 Å². The first-order valence-electron chi connectivity index (χ1n) is 6.47. The Morgan fingerprint density at radius 3 is 2.50 bits per heavy atom. The van der Waals surface area contributed by atoms with Gasteiger partial charge in [-0.15, -0.1) is 0 Å². The van der Waals surface area contributed by atoms with E-state index in [2.05, 4.69) is 6.07 Å². The van der Waals surface area contributed by atoms with Gasteiger partial charge in [0.05, 0.1) is 0 Å². The summed E-state index contributed by atoms with van der Waals surface area (Å²) in [6.07, 6.45) is 0. The fraction of sp³-hybridized carbons (Fsp3) is 0.235. The summed E-state index contributed by atoms with van der Waals surface area (Å²) in [5.74, 6) is 0.826. The van der Waals surface area contributed by atoms with Crippen LogP contribution in [0.5, 0.6) is 5.75 Å². The maximum atomic E-state index is 11.5. The van der Waals surface area contributed by atoms with Gasteiger partial charge < -0.3 is 4.74 Å². The van der Waals surface area contributed by atoms with Gasteiger partial charge in [-0.1, -0.05) is 29.8 Å². The highest BCUT2D eigenvalue weighted by Crippen LogP contribution is 2.23. The SMILES string of the molecule is Cc1ccc(OCc2c(C)cccc2C(=O)Cl)c(C)c1. The van der Waals surface area contributed by atoms with Crippen LogP contribution in [0.3, 0.4) is 0 Å². The third-order valence-electron chi connectivity index (χ3n) is 3.32. The molecule has 0 aliphatic carbocycles. The lowest BCUT2D eigenvalue weighted by atomic mass is 10.0. The summed E-state index contributed by atoms with van der Waals surface area (Å²) >= 11 is 5.62. The highest BCUT2D eigenvalue weighted by atomic mass is 35.5. The Morgan fingerprint density at radius 1 is 1.10 bits per heavy atom. The zero-order valence-corrected chi connectivity index (χ0v) is 12.6. The maximum absolute atomic E-state index is 11.5. The summed E-state index contributed by atoms with van der Waals surface area (Å²) < 4.78 is 5.84. The van der Waals surface area contributed by atoms with E-state index in [1.807, 2.05) is 45.0 Å². The van der Waals surface area contributed by atoms with Crippen LogP contribution >= 0.6 is 11.6 Å². The van der Waals surface area contributed by atoms with E-state index in [1.54, 1.807) is 6.07 Å². The standard InChI is InChI=1S/C17H17ClO2/c1-11-7-8-16(13(3)9-11)20-10-15-12(2)5-4-6-14(15)17(18)19/h4-9H,10H2,1-3H3. The number of carbonyl (C=O) groups is 1. The van der Waals surface area contributed by atoms with Crippen LogP contribution in [-0.2, 0) is 6.61 Å². The molecule has 2 nitrogen and oxygen atoms in total. The highest BCUT2D eigenvalue weighted by Gasteiger charge is 2.12. The van der Waals surface area contributed by atoms with E-state index >= 15 is 0 Å². The Morgan fingerprint density at radius 2 is 1.85 bits per heavy atom. The first-order chi connectivity index (χ1) is 9.49. The quantitative estimate of drug-likeness (QED) is 0.770. The predicted molar refractivity (Wildman–Crippen MR) is 81.6 cm³/mol. The van der Waals surface area contributed by atoms with Crippen molar-refractivity contribution in [3.63, 3.8) is 0 Å². The molecule has 2 aromatic carbocycles. The van der Waals surface area contributed by atoms with Crippen LogP contribution in [0, 0.1) is 20.8 Å². The van der Waals surface area contributed by atoms with Crippen molar-refractivity contribution in [1.82, 2.24) is 0 Å². The van der Waals surface area contributed by atoms with Crippen molar-refractivity contribution in [2.75, 3.05) is 0 Å². The molecule has 0 saturated carbocycles. The summed E-state index contributed by atoms with van der Waals surface area (Å²) in [6.45, 7) is 6.34. The second kappa shape index (κ2) is 6.10. The second-order valence-corrected chi connectivity index (χ2v) is 5.28. The van der Waals surface area contributed by atoms with E-state index in [0.29, 0.717) is 12.2 Å². The summed E-state index contributed by atoms with van der Waals surface area (Å²) in [7, 11) is 0. The largest absolute Gasteiger partial charge is 0.489 e. The molecule has 0 atom stereocenters. The molecular formula is C17H17ClO2. The van der Waals surface area contributed by atoms with Gasteiger partial charge in [0.1, 0.15) is 12.4 Å². The normalized spacial score (nSPS) is 10.4. The summed E-state index contributed by atoms with van der Waals surface area (Å²) in [4.78, 5) is 11.5. The third-order valence-corrected chi connectivity index (χ3v) is 3.53. The molecule has 0 N–H and O–H groups in total. The number of carbonyl (C=O) groups excluding carboxylic acids is 1. The van der Waals surface area contributed by atoms with Gasteiger partial charge in [0, 0.05) is 11.1 Å². The highest BCUT2D eigenvalue weighted by molar-refractivity contribution is 6.67. The molecule has 0 heterocycles. The van der Waals surface area contributed by atoms with Gasteiger partial charge in [0.2, 0.25) is 0 Å². The van der Waals surface area contributed by atoms with Crippen LogP contribution in [0.1, 0.15) is 32.6 Å². The van der Waals surface area contributed by atoms with E-state index in [0.717, 1.165) is 22.4 Å². The van der Waals surface area contributed by atoms with E-state index < -0.39 is 5.24 Å². The van der Waals surface area contributed by atoms with Gasteiger partial charge in [0.15, 0.2) is 0 Å². The van der Waals surface area contributed by atoms with Crippen molar-refractivity contribution < 1.29 is 9.53 Å². The zero-order valence-electron chi connectivity index (χ0n) is 11.9. The maximum Gasteiger partial charge on any atom is 0.252 e. The Labute approximate surface area is 124 Å². The molecule has 0 unspecified atom stereocenters. The Balaban J connectivity index is 2.25. The molecule has 0 radical (unpaired) electrons. The molecule has 3 heteroatoms. The van der Waals surface area contributed by atoms with Crippen molar-refractivity contribution >= 4 is 16.8 Å². The second-order valence-electron chi connectivity index (χ2n) is 4.93. The molecule has 0 spiro atoms. The number of rotatable bonds is 4. The summed E-state index contributed by atoms with van der Waals surface area (Å²) in [5, 5.41) is -0.451. The van der Waals surface area contributed by atoms with E-state index in [9.17, 15) is 4.79 Å². The monoisotopic (exact) mass is 288 g/mol. The van der Waals surface area contributed by atoms with Crippen molar-refractivity contribution in [1.29, 1.82) is 0 Å².